The Balaban J connectivity index is 0.000000249. The van der Waals surface area contributed by atoms with E-state index in [-0.39, 0.29) is 109 Å². The summed E-state index contributed by atoms with van der Waals surface area (Å²) in [5.41, 5.74) is 0.226. The lowest BCUT2D eigenvalue weighted by Gasteiger charge is -2.38. The maximum absolute atomic E-state index is 14.2. The first kappa shape index (κ1) is 97.1. The number of carboxylic acid groups (broad SMARTS) is 2. The molecule has 636 valence electrons. The maximum Gasteiger partial charge on any atom is 0.350 e. The van der Waals surface area contributed by atoms with Crippen LogP contribution in [0.1, 0.15) is 206 Å². The summed E-state index contributed by atoms with van der Waals surface area (Å²) in [4.78, 5) is 128. The number of carbonyl (C=O) groups is 9. The number of esters is 2. The second-order valence-corrected chi connectivity index (χ2v) is 38.2. The van der Waals surface area contributed by atoms with Crippen LogP contribution in [0.2, 0.25) is 0 Å². The summed E-state index contributed by atoms with van der Waals surface area (Å²) < 4.78 is 42.7. The zero-order valence-electron chi connectivity index (χ0n) is 70.7. The third kappa shape index (κ3) is 30.3. The molecule has 7 heterocycles. The zero-order valence-corrected chi connectivity index (χ0v) is 75.5. The molecule has 9 rings (SSSR count). The first-order valence-electron chi connectivity index (χ1n) is 39.1. The highest BCUT2D eigenvalue weighted by Crippen LogP contribution is 2.40. The topological polar surface area (TPSA) is 296 Å². The lowest BCUT2D eigenvalue weighted by Crippen LogP contribution is -2.57. The third-order valence-corrected chi connectivity index (χ3v) is 23.7. The molecule has 2 saturated carbocycles. The fourth-order valence-corrected chi connectivity index (χ4v) is 16.8. The number of thiophene rings is 4. The number of hydrogen-bond donors (Lipinski definition) is 3. The molecule has 3 atom stereocenters. The van der Waals surface area contributed by atoms with Crippen molar-refractivity contribution in [1.29, 1.82) is 0 Å². The molecule has 3 N–H and O–H groups in total. The molecule has 0 bridgehead atoms. The summed E-state index contributed by atoms with van der Waals surface area (Å²) >= 11 is 7.96. The molecule has 4 aromatic heterocycles. The van der Waals surface area contributed by atoms with Crippen LogP contribution in [-0.4, -0.2) is 231 Å². The number of hydrogen-bond acceptors (Lipinski definition) is 22. The van der Waals surface area contributed by atoms with E-state index in [1.165, 1.54) is 68.0 Å². The number of aromatic carboxylic acids is 2. The van der Waals surface area contributed by atoms with Crippen LogP contribution in [-0.2, 0) is 61.9 Å². The summed E-state index contributed by atoms with van der Waals surface area (Å²) in [5.74, 6) is 21.3. The smallest absolute Gasteiger partial charge is 0.350 e. The highest BCUT2D eigenvalue weighted by Gasteiger charge is 2.43. The minimum absolute atomic E-state index is 0.00150. The van der Waals surface area contributed by atoms with Crippen LogP contribution in [0.25, 0.3) is 0 Å². The quantitative estimate of drug-likeness (QED) is 0.0516. The fourth-order valence-electron chi connectivity index (χ4n) is 12.7. The van der Waals surface area contributed by atoms with E-state index in [2.05, 4.69) is 87.2 Å². The van der Waals surface area contributed by atoms with Gasteiger partial charge in [0.05, 0.1) is 110 Å². The van der Waals surface area contributed by atoms with Gasteiger partial charge in [-0.05, 0) is 186 Å². The molecular weight excluding hydrogens is 1630 g/mol. The highest BCUT2D eigenvalue weighted by atomic mass is 79.9. The summed E-state index contributed by atoms with van der Waals surface area (Å²) in [6.45, 7) is 34.0. The largest absolute Gasteiger partial charge is 0.477 e. The number of methoxy groups -OCH3 is 5. The van der Waals surface area contributed by atoms with E-state index in [1.54, 1.807) is 32.9 Å². The summed E-state index contributed by atoms with van der Waals surface area (Å²) in [7, 11) is 7.19. The van der Waals surface area contributed by atoms with Crippen molar-refractivity contribution in [3.63, 3.8) is 0 Å². The normalized spacial score (nSPS) is 18.4. The molecule has 3 saturated heterocycles. The number of morpholine rings is 3. The Bertz CT molecular complexity index is 4280. The van der Waals surface area contributed by atoms with Gasteiger partial charge in [-0.3, -0.25) is 33.8 Å². The Labute approximate surface area is 709 Å². The van der Waals surface area contributed by atoms with Crippen molar-refractivity contribution in [3.8, 4) is 47.4 Å². The van der Waals surface area contributed by atoms with Crippen LogP contribution < -0.4 is 15.1 Å². The van der Waals surface area contributed by atoms with E-state index in [1.807, 2.05) is 89.2 Å². The fraction of sp³-hybridized carbons (Fsp3) is 0.616. The Hall–Kier alpha value is -7.69. The molecule has 116 heavy (non-hydrogen) atoms. The first-order valence-corrected chi connectivity index (χ1v) is 43.1. The Kier molecular flexibility index (Phi) is 38.1. The van der Waals surface area contributed by atoms with E-state index in [9.17, 15) is 53.4 Å². The van der Waals surface area contributed by atoms with Crippen LogP contribution in [0.15, 0.2) is 28.7 Å². The number of nitrogens with one attached hydrogen (secondary N) is 1. The van der Waals surface area contributed by atoms with Crippen molar-refractivity contribution in [3.05, 3.63) is 67.8 Å². The van der Waals surface area contributed by atoms with E-state index in [0.717, 1.165) is 70.5 Å². The number of rotatable bonds is 21. The standard InChI is InChI=1S/C28H40N2O6S.C27H38N2O6S.C19H26N2O5S.C12H13BrO2S/c1-19-7-9-20(10-8-19)25(31)30(23(18-34-5)26(32)29-13-15-36-16-14-29)22-17-21(11-12-28(2,3)4)37-24(22)27(33)35-6;1-18-6-8-19(9-7-18)24(30)29(22(17-34-5)25(31)28-12-14-35-15-13-28)21-16-20(10-11-27(2,3)4)36-23(21)26(32)33;1-19(2,3)6-5-13-11-14(16(27-13)18(23)24)20-15(12-25-4)17(22)21-7-9-26-10-8-21;1-12(2,3)6-5-8-7-9(13)10(16-8)11(14)15-4/h17,19-20,23H,7-10,13-16,18H2,1-6H3;16,18-19,22H,6-9,12-15,17H2,1-5H3,(H,32,33);11,15,20H,7-10,12H2,1-4H3,(H,23,24);7H,1-4H3/t19?,20?,23-;18?,19?,22-;15-;/m000./s1. The van der Waals surface area contributed by atoms with Gasteiger partial charge in [0.15, 0.2) is 0 Å². The van der Waals surface area contributed by atoms with Gasteiger partial charge in [-0.1, -0.05) is 61.2 Å². The zero-order chi connectivity index (χ0) is 86.0. The van der Waals surface area contributed by atoms with Gasteiger partial charge < -0.3 is 68.1 Å². The molecule has 4 aromatic rings. The monoisotopic (exact) mass is 1740 g/mol. The van der Waals surface area contributed by atoms with Gasteiger partial charge in [0.25, 0.3) is 0 Å². The second kappa shape index (κ2) is 45.5. The Morgan fingerprint density at radius 2 is 0.767 bits per heavy atom. The molecule has 2 aliphatic carbocycles. The average molecular weight is 1750 g/mol. The number of carbonyl (C=O) groups excluding carboxylic acids is 7. The number of halogens is 1. The molecule has 0 radical (unpaired) electrons. The van der Waals surface area contributed by atoms with Gasteiger partial charge in [0, 0.05) is 98.6 Å². The van der Waals surface area contributed by atoms with Gasteiger partial charge in [0.1, 0.15) is 37.6 Å². The van der Waals surface area contributed by atoms with Gasteiger partial charge in [-0.25, -0.2) is 19.2 Å². The number of carboxylic acids is 2. The highest BCUT2D eigenvalue weighted by molar-refractivity contribution is 9.10. The van der Waals surface area contributed by atoms with E-state index < -0.39 is 36.0 Å². The number of ether oxygens (including phenoxy) is 8. The van der Waals surface area contributed by atoms with Crippen LogP contribution in [0.3, 0.4) is 0 Å². The Morgan fingerprint density at radius 1 is 0.457 bits per heavy atom. The maximum atomic E-state index is 14.2. The van der Waals surface area contributed by atoms with Gasteiger partial charge in [-0.2, -0.15) is 0 Å². The van der Waals surface area contributed by atoms with Crippen LogP contribution in [0, 0.1) is 92.7 Å². The van der Waals surface area contributed by atoms with Crippen molar-refractivity contribution in [2.24, 2.45) is 45.3 Å². The summed E-state index contributed by atoms with van der Waals surface area (Å²) in [5, 5.41) is 22.6. The lowest BCUT2D eigenvalue weighted by molar-refractivity contribution is -0.140. The average Bonchev–Trinajstić information content (AvgIpc) is 1.56. The molecule has 25 nitrogen and oxygen atoms in total. The van der Waals surface area contributed by atoms with E-state index in [4.69, 9.17) is 33.2 Å². The summed E-state index contributed by atoms with van der Waals surface area (Å²) in [6, 6.07) is 4.34. The molecule has 5 fully saturated rings. The number of nitrogens with zero attached hydrogens (tertiary/aromatic N) is 5. The van der Waals surface area contributed by atoms with Crippen molar-refractivity contribution in [2.75, 3.05) is 149 Å². The molecule has 3 aliphatic heterocycles. The number of anilines is 3. The van der Waals surface area contributed by atoms with Crippen molar-refractivity contribution >= 4 is 132 Å². The van der Waals surface area contributed by atoms with Crippen LogP contribution in [0.5, 0.6) is 0 Å². The van der Waals surface area contributed by atoms with Crippen molar-refractivity contribution in [2.45, 2.75) is 166 Å². The second-order valence-electron chi connectivity index (χ2n) is 33.1. The van der Waals surface area contributed by atoms with Crippen molar-refractivity contribution in [1.82, 2.24) is 14.7 Å². The van der Waals surface area contributed by atoms with Gasteiger partial charge in [0.2, 0.25) is 29.5 Å². The van der Waals surface area contributed by atoms with Gasteiger partial charge >= 0.3 is 23.9 Å². The molecule has 0 spiro atoms. The molecular formula is C86H117BrN6O19S4. The molecule has 5 amide bonds. The molecule has 5 aliphatic rings. The third-order valence-electron chi connectivity index (χ3n) is 18.7. The minimum atomic E-state index is -1.15. The van der Waals surface area contributed by atoms with Crippen LogP contribution in [0.4, 0.5) is 17.1 Å². The first-order chi connectivity index (χ1) is 54.6. The molecule has 30 heteroatoms. The van der Waals surface area contributed by atoms with E-state index >= 15 is 0 Å². The molecule has 0 aromatic carbocycles. The molecule has 0 unspecified atom stereocenters. The van der Waals surface area contributed by atoms with Gasteiger partial charge in [-0.15, -0.1) is 45.3 Å². The summed E-state index contributed by atoms with van der Waals surface area (Å²) in [6.07, 6.45) is 6.67. The van der Waals surface area contributed by atoms with Crippen LogP contribution >= 0.6 is 61.3 Å². The van der Waals surface area contributed by atoms with E-state index in [0.29, 0.717) is 134 Å². The lowest BCUT2D eigenvalue weighted by atomic mass is 9.82. The predicted molar refractivity (Wildman–Crippen MR) is 457 cm³/mol. The SMILES string of the molecule is COC(=O)c1sc(C#CC(C)(C)C)cc1Br.COC[C@@H](C(=O)N1CCOCC1)N(C(=O)C1CCC(C)CC1)c1cc(C#CC(C)(C)C)sc1C(=O)O.COC[C@@H](C(=O)N1CCOCC1)N(C(=O)C1CCC(C)CC1)c1cc(C#CC(C)(C)C)sc1C(=O)OC.COC[C@H](Nc1cc(C#CC(C)(C)C)sc1C(=O)O)C(=O)N1CCOCC1. The van der Waals surface area contributed by atoms with Crippen molar-refractivity contribution < 1.29 is 91.3 Å². The predicted octanol–water partition coefficient (Wildman–Crippen LogP) is 13.7. The minimum Gasteiger partial charge on any atom is -0.477 e. The Morgan fingerprint density at radius 3 is 1.11 bits per heavy atom. The number of amides is 5.